The molecule has 1 aliphatic heterocycles. The molecule has 1 N–H and O–H groups in total. The fraction of sp³-hybridized carbons (Fsp3) is 0.667. The number of likely N-dealkylation sites (N-methyl/N-ethyl adjacent to an activating group) is 1. The van der Waals surface area contributed by atoms with Crippen LogP contribution in [0.5, 0.6) is 0 Å². The van der Waals surface area contributed by atoms with Crippen molar-refractivity contribution in [2.75, 3.05) is 19.6 Å². The first kappa shape index (κ1) is 14.1. The Morgan fingerprint density at radius 1 is 1.20 bits per heavy atom. The van der Waals surface area contributed by atoms with Crippen LogP contribution in [0.4, 0.5) is 0 Å². The first-order valence-electron chi connectivity index (χ1n) is 8.36. The molecule has 110 valence electrons. The van der Waals surface area contributed by atoms with Crippen molar-refractivity contribution >= 4 is 0 Å². The molecule has 0 spiro atoms. The average Bonchev–Trinajstić information content (AvgIpc) is 3.09. The van der Waals surface area contributed by atoms with Crippen molar-refractivity contribution in [3.8, 4) is 0 Å². The maximum atomic E-state index is 3.68. The highest BCUT2D eigenvalue weighted by Crippen LogP contribution is 2.38. The lowest BCUT2D eigenvalue weighted by Gasteiger charge is -2.31. The Hall–Kier alpha value is -0.860. The summed E-state index contributed by atoms with van der Waals surface area (Å²) in [7, 11) is 0. The molecule has 1 aliphatic carbocycles. The number of nitrogens with zero attached hydrogens (tertiary/aromatic N) is 1. The summed E-state index contributed by atoms with van der Waals surface area (Å²) in [6.07, 6.45) is 5.48. The summed E-state index contributed by atoms with van der Waals surface area (Å²) in [6, 6.07) is 10.6. The van der Waals surface area contributed by atoms with Gasteiger partial charge in [0.1, 0.15) is 0 Å². The number of rotatable bonds is 6. The summed E-state index contributed by atoms with van der Waals surface area (Å²) in [5.74, 6) is 0.991. The van der Waals surface area contributed by atoms with Crippen LogP contribution in [0.25, 0.3) is 0 Å². The van der Waals surface area contributed by atoms with E-state index in [1.165, 1.54) is 43.5 Å². The van der Waals surface area contributed by atoms with E-state index in [2.05, 4.69) is 48.3 Å². The highest BCUT2D eigenvalue weighted by molar-refractivity contribution is 5.25. The molecule has 20 heavy (non-hydrogen) atoms. The second kappa shape index (κ2) is 6.28. The minimum Gasteiger partial charge on any atom is -0.309 e. The van der Waals surface area contributed by atoms with Crippen molar-refractivity contribution < 1.29 is 0 Å². The predicted molar refractivity (Wildman–Crippen MR) is 84.9 cm³/mol. The van der Waals surface area contributed by atoms with E-state index in [-0.39, 0.29) is 0 Å². The van der Waals surface area contributed by atoms with E-state index in [9.17, 15) is 0 Å². The second-order valence-corrected chi connectivity index (χ2v) is 6.49. The summed E-state index contributed by atoms with van der Waals surface area (Å²) in [4.78, 5) is 2.73. The second-order valence-electron chi connectivity index (χ2n) is 6.49. The Morgan fingerprint density at radius 3 is 2.55 bits per heavy atom. The Bertz CT molecular complexity index is 426. The van der Waals surface area contributed by atoms with Gasteiger partial charge < -0.3 is 5.32 Å². The standard InChI is InChI=1S/C18H28N2/c1-3-14-5-8-16(9-6-14)18(19-4-2)13-20-12-15-7-10-17(20)11-15/h5-6,8-9,15,17-19H,3-4,7,10-13H2,1-2H3. The molecule has 0 radical (unpaired) electrons. The topological polar surface area (TPSA) is 15.3 Å². The minimum atomic E-state index is 0.491. The average molecular weight is 272 g/mol. The Labute approximate surface area is 123 Å². The third-order valence-electron chi connectivity index (χ3n) is 5.18. The van der Waals surface area contributed by atoms with Crippen LogP contribution >= 0.6 is 0 Å². The maximum Gasteiger partial charge on any atom is 0.0449 e. The summed E-state index contributed by atoms with van der Waals surface area (Å²) < 4.78 is 0. The van der Waals surface area contributed by atoms with Gasteiger partial charge in [0.15, 0.2) is 0 Å². The van der Waals surface area contributed by atoms with Gasteiger partial charge in [0, 0.05) is 25.2 Å². The lowest BCUT2D eigenvalue weighted by Crippen LogP contribution is -2.39. The molecular formula is C18H28N2. The SMILES string of the molecule is CCNC(CN1CC2CCC1C2)c1ccc(CC)cc1. The van der Waals surface area contributed by atoms with Crippen LogP contribution in [0.1, 0.15) is 50.3 Å². The van der Waals surface area contributed by atoms with Crippen LogP contribution < -0.4 is 5.32 Å². The molecule has 2 heteroatoms. The van der Waals surface area contributed by atoms with Crippen LogP contribution in [0.15, 0.2) is 24.3 Å². The molecule has 3 unspecified atom stereocenters. The predicted octanol–water partition coefficient (Wildman–Crippen LogP) is 3.38. The van der Waals surface area contributed by atoms with Gasteiger partial charge >= 0.3 is 0 Å². The number of piperidine rings is 1. The molecule has 3 atom stereocenters. The number of hydrogen-bond donors (Lipinski definition) is 1. The normalized spacial score (nSPS) is 27.1. The van der Waals surface area contributed by atoms with Gasteiger partial charge in [-0.2, -0.15) is 0 Å². The van der Waals surface area contributed by atoms with E-state index in [0.29, 0.717) is 6.04 Å². The fourth-order valence-electron chi connectivity index (χ4n) is 4.00. The lowest BCUT2D eigenvalue weighted by molar-refractivity contribution is 0.192. The monoisotopic (exact) mass is 272 g/mol. The fourth-order valence-corrected chi connectivity index (χ4v) is 4.00. The van der Waals surface area contributed by atoms with E-state index in [1.54, 1.807) is 0 Å². The van der Waals surface area contributed by atoms with Gasteiger partial charge in [-0.1, -0.05) is 38.1 Å². The van der Waals surface area contributed by atoms with Crippen LogP contribution in [-0.2, 0) is 6.42 Å². The highest BCUT2D eigenvalue weighted by Gasteiger charge is 2.38. The third-order valence-corrected chi connectivity index (χ3v) is 5.18. The smallest absolute Gasteiger partial charge is 0.0449 e. The van der Waals surface area contributed by atoms with Gasteiger partial charge in [-0.25, -0.2) is 0 Å². The van der Waals surface area contributed by atoms with Gasteiger partial charge in [-0.05, 0) is 49.3 Å². The molecule has 1 saturated carbocycles. The van der Waals surface area contributed by atoms with Crippen molar-refractivity contribution in [3.63, 3.8) is 0 Å². The van der Waals surface area contributed by atoms with Crippen molar-refractivity contribution in [1.29, 1.82) is 0 Å². The summed E-state index contributed by atoms with van der Waals surface area (Å²) in [5, 5.41) is 3.68. The molecule has 2 nitrogen and oxygen atoms in total. The zero-order chi connectivity index (χ0) is 13.9. The van der Waals surface area contributed by atoms with Gasteiger partial charge in [-0.15, -0.1) is 0 Å². The highest BCUT2D eigenvalue weighted by atomic mass is 15.2. The van der Waals surface area contributed by atoms with E-state index < -0.39 is 0 Å². The van der Waals surface area contributed by atoms with Gasteiger partial charge in [0.05, 0.1) is 0 Å². The van der Waals surface area contributed by atoms with Crippen LogP contribution in [-0.4, -0.2) is 30.6 Å². The van der Waals surface area contributed by atoms with Crippen molar-refractivity contribution in [3.05, 3.63) is 35.4 Å². The minimum absolute atomic E-state index is 0.491. The van der Waals surface area contributed by atoms with Gasteiger partial charge in [-0.3, -0.25) is 4.90 Å². The Morgan fingerprint density at radius 2 is 2.00 bits per heavy atom. The first-order chi connectivity index (χ1) is 9.80. The molecular weight excluding hydrogens is 244 g/mol. The Balaban J connectivity index is 1.68. The molecule has 1 heterocycles. The van der Waals surface area contributed by atoms with E-state index in [0.717, 1.165) is 24.9 Å². The van der Waals surface area contributed by atoms with Crippen molar-refractivity contribution in [1.82, 2.24) is 10.2 Å². The van der Waals surface area contributed by atoms with E-state index in [4.69, 9.17) is 0 Å². The molecule has 0 amide bonds. The van der Waals surface area contributed by atoms with Gasteiger partial charge in [0.2, 0.25) is 0 Å². The number of benzene rings is 1. The van der Waals surface area contributed by atoms with Crippen LogP contribution in [0, 0.1) is 5.92 Å². The van der Waals surface area contributed by atoms with Crippen LogP contribution in [0.2, 0.25) is 0 Å². The van der Waals surface area contributed by atoms with E-state index in [1.807, 2.05) is 0 Å². The molecule has 1 aromatic rings. The van der Waals surface area contributed by atoms with Gasteiger partial charge in [0.25, 0.3) is 0 Å². The Kier molecular flexibility index (Phi) is 4.42. The first-order valence-corrected chi connectivity index (χ1v) is 8.36. The summed E-state index contributed by atoms with van der Waals surface area (Å²) in [6.45, 7) is 7.99. The third kappa shape index (κ3) is 2.91. The molecule has 0 aromatic heterocycles. The number of aryl methyl sites for hydroxylation is 1. The van der Waals surface area contributed by atoms with Crippen molar-refractivity contribution in [2.45, 2.75) is 51.6 Å². The molecule has 2 aliphatic rings. The lowest BCUT2D eigenvalue weighted by atomic mass is 10.0. The molecule has 3 rings (SSSR count). The molecule has 2 bridgehead atoms. The van der Waals surface area contributed by atoms with Crippen LogP contribution in [0.3, 0.4) is 0 Å². The quantitative estimate of drug-likeness (QED) is 0.854. The van der Waals surface area contributed by atoms with Crippen molar-refractivity contribution in [2.24, 2.45) is 5.92 Å². The number of fused-ring (bicyclic) bond motifs is 2. The molecule has 1 saturated heterocycles. The number of nitrogens with one attached hydrogen (secondary N) is 1. The number of hydrogen-bond acceptors (Lipinski definition) is 2. The largest absolute Gasteiger partial charge is 0.309 e. The maximum absolute atomic E-state index is 3.68. The summed E-state index contributed by atoms with van der Waals surface area (Å²) >= 11 is 0. The number of likely N-dealkylation sites (tertiary alicyclic amines) is 1. The molecule has 1 aromatic carbocycles. The van der Waals surface area contributed by atoms with E-state index >= 15 is 0 Å². The summed E-state index contributed by atoms with van der Waals surface area (Å²) in [5.41, 5.74) is 2.89. The zero-order valence-corrected chi connectivity index (χ0v) is 12.9. The molecule has 2 fully saturated rings. The zero-order valence-electron chi connectivity index (χ0n) is 12.9.